The largest absolute Gasteiger partial charge is 0.478 e. The Morgan fingerprint density at radius 2 is 2.00 bits per heavy atom. The van der Waals surface area contributed by atoms with Gasteiger partial charge in [0, 0.05) is 23.7 Å². The highest BCUT2D eigenvalue weighted by Gasteiger charge is 2.18. The SMILES string of the molecule is O=C(Cc1cccs1)Nc1ccc(N2CCCC2)cc1C(=O)O. The third-order valence-corrected chi connectivity index (χ3v) is 4.77. The van der Waals surface area contributed by atoms with Crippen molar-refractivity contribution in [2.45, 2.75) is 19.3 Å². The first-order chi connectivity index (χ1) is 11.1. The number of amides is 1. The predicted molar refractivity (Wildman–Crippen MR) is 91.5 cm³/mol. The molecule has 1 aromatic carbocycles. The van der Waals surface area contributed by atoms with Crippen LogP contribution in [0.1, 0.15) is 28.1 Å². The Kier molecular flexibility index (Phi) is 4.62. The Morgan fingerprint density at radius 1 is 1.22 bits per heavy atom. The topological polar surface area (TPSA) is 69.6 Å². The molecule has 2 aromatic rings. The van der Waals surface area contributed by atoms with Crippen LogP contribution in [0, 0.1) is 0 Å². The first-order valence-electron chi connectivity index (χ1n) is 7.58. The molecule has 0 aliphatic carbocycles. The van der Waals surface area contributed by atoms with Gasteiger partial charge in [0.1, 0.15) is 0 Å². The maximum absolute atomic E-state index is 12.1. The van der Waals surface area contributed by atoms with Crippen molar-refractivity contribution in [3.05, 3.63) is 46.2 Å². The second-order valence-electron chi connectivity index (χ2n) is 5.53. The number of carbonyl (C=O) groups is 2. The minimum Gasteiger partial charge on any atom is -0.478 e. The molecule has 0 saturated carbocycles. The lowest BCUT2D eigenvalue weighted by atomic mass is 10.1. The van der Waals surface area contributed by atoms with Crippen molar-refractivity contribution >= 4 is 34.6 Å². The Morgan fingerprint density at radius 3 is 2.65 bits per heavy atom. The third-order valence-electron chi connectivity index (χ3n) is 3.89. The van der Waals surface area contributed by atoms with E-state index in [1.54, 1.807) is 12.1 Å². The van der Waals surface area contributed by atoms with Gasteiger partial charge in [-0.25, -0.2) is 4.79 Å². The highest BCUT2D eigenvalue weighted by atomic mass is 32.1. The average molecular weight is 330 g/mol. The van der Waals surface area contributed by atoms with Gasteiger partial charge in [-0.3, -0.25) is 4.79 Å². The summed E-state index contributed by atoms with van der Waals surface area (Å²) in [6.07, 6.45) is 2.51. The van der Waals surface area contributed by atoms with Gasteiger partial charge in [-0.15, -0.1) is 11.3 Å². The van der Waals surface area contributed by atoms with Gasteiger partial charge in [-0.05, 0) is 42.5 Å². The predicted octanol–water partition coefficient (Wildman–Crippen LogP) is 3.23. The number of nitrogens with one attached hydrogen (secondary N) is 1. The van der Waals surface area contributed by atoms with Crippen LogP contribution in [0.4, 0.5) is 11.4 Å². The number of anilines is 2. The molecule has 2 N–H and O–H groups in total. The van der Waals surface area contributed by atoms with Crippen molar-refractivity contribution in [3.8, 4) is 0 Å². The maximum atomic E-state index is 12.1. The molecule has 2 heterocycles. The number of hydrogen-bond donors (Lipinski definition) is 2. The summed E-state index contributed by atoms with van der Waals surface area (Å²) in [7, 11) is 0. The number of rotatable bonds is 5. The Bertz CT molecular complexity index is 707. The minimum absolute atomic E-state index is 0.133. The molecule has 6 heteroatoms. The number of nitrogens with zero attached hydrogens (tertiary/aromatic N) is 1. The van der Waals surface area contributed by atoms with Crippen LogP contribution in [-0.2, 0) is 11.2 Å². The molecule has 0 radical (unpaired) electrons. The summed E-state index contributed by atoms with van der Waals surface area (Å²) in [5.41, 5.74) is 1.38. The maximum Gasteiger partial charge on any atom is 0.337 e. The monoisotopic (exact) mass is 330 g/mol. The number of hydrogen-bond acceptors (Lipinski definition) is 4. The van der Waals surface area contributed by atoms with E-state index in [2.05, 4.69) is 10.2 Å². The highest BCUT2D eigenvalue weighted by Crippen LogP contribution is 2.26. The zero-order valence-corrected chi connectivity index (χ0v) is 13.4. The van der Waals surface area contributed by atoms with E-state index < -0.39 is 5.97 Å². The van der Waals surface area contributed by atoms with E-state index >= 15 is 0 Å². The van der Waals surface area contributed by atoms with Crippen molar-refractivity contribution in [1.29, 1.82) is 0 Å². The lowest BCUT2D eigenvalue weighted by Gasteiger charge is -2.19. The second-order valence-corrected chi connectivity index (χ2v) is 6.57. The van der Waals surface area contributed by atoms with Crippen molar-refractivity contribution < 1.29 is 14.7 Å². The molecule has 1 amide bonds. The molecule has 1 aliphatic rings. The average Bonchev–Trinajstić information content (AvgIpc) is 3.20. The van der Waals surface area contributed by atoms with Crippen LogP contribution in [0.15, 0.2) is 35.7 Å². The molecule has 1 aliphatic heterocycles. The molecule has 23 heavy (non-hydrogen) atoms. The zero-order chi connectivity index (χ0) is 16.2. The summed E-state index contributed by atoms with van der Waals surface area (Å²) in [6, 6.07) is 8.98. The molecule has 1 aromatic heterocycles. The van der Waals surface area contributed by atoms with E-state index in [1.165, 1.54) is 11.3 Å². The van der Waals surface area contributed by atoms with Crippen LogP contribution in [-0.4, -0.2) is 30.1 Å². The second kappa shape index (κ2) is 6.83. The number of carboxylic acids is 1. The lowest BCUT2D eigenvalue weighted by molar-refractivity contribution is -0.115. The van der Waals surface area contributed by atoms with E-state index in [1.807, 2.05) is 23.6 Å². The summed E-state index contributed by atoms with van der Waals surface area (Å²) < 4.78 is 0. The number of carbonyl (C=O) groups excluding carboxylic acids is 1. The summed E-state index contributed by atoms with van der Waals surface area (Å²) in [6.45, 7) is 1.90. The smallest absolute Gasteiger partial charge is 0.337 e. The molecule has 120 valence electrons. The first-order valence-corrected chi connectivity index (χ1v) is 8.46. The molecule has 0 bridgehead atoms. The number of aromatic carboxylic acids is 1. The summed E-state index contributed by atoms with van der Waals surface area (Å²) >= 11 is 1.51. The number of benzene rings is 1. The van der Waals surface area contributed by atoms with Crippen LogP contribution >= 0.6 is 11.3 Å². The molecule has 5 nitrogen and oxygen atoms in total. The van der Waals surface area contributed by atoms with Crippen molar-refractivity contribution in [3.63, 3.8) is 0 Å². The van der Waals surface area contributed by atoms with Gasteiger partial charge >= 0.3 is 5.97 Å². The molecule has 0 unspecified atom stereocenters. The van der Waals surface area contributed by atoms with Crippen LogP contribution in [0.3, 0.4) is 0 Å². The number of thiophene rings is 1. The van der Waals surface area contributed by atoms with Crippen LogP contribution < -0.4 is 10.2 Å². The van der Waals surface area contributed by atoms with Crippen molar-refractivity contribution in [1.82, 2.24) is 0 Å². The lowest BCUT2D eigenvalue weighted by Crippen LogP contribution is -2.20. The molecule has 1 saturated heterocycles. The van der Waals surface area contributed by atoms with Crippen LogP contribution in [0.25, 0.3) is 0 Å². The van der Waals surface area contributed by atoms with Gasteiger partial charge < -0.3 is 15.3 Å². The quantitative estimate of drug-likeness (QED) is 0.883. The van der Waals surface area contributed by atoms with Gasteiger partial charge in [-0.2, -0.15) is 0 Å². The Labute approximate surface area is 138 Å². The summed E-state index contributed by atoms with van der Waals surface area (Å²) in [5, 5.41) is 14.1. The molecule has 0 spiro atoms. The van der Waals surface area contributed by atoms with Crippen LogP contribution in [0.2, 0.25) is 0 Å². The fourth-order valence-electron chi connectivity index (χ4n) is 2.76. The van der Waals surface area contributed by atoms with Gasteiger partial charge in [0.15, 0.2) is 0 Å². The Balaban J connectivity index is 1.77. The third kappa shape index (κ3) is 3.71. The molecule has 0 atom stereocenters. The molecule has 1 fully saturated rings. The van der Waals surface area contributed by atoms with Gasteiger partial charge in [0.05, 0.1) is 17.7 Å². The highest BCUT2D eigenvalue weighted by molar-refractivity contribution is 7.10. The number of carboxylic acid groups (broad SMARTS) is 1. The Hall–Kier alpha value is -2.34. The van der Waals surface area contributed by atoms with E-state index in [9.17, 15) is 14.7 Å². The van der Waals surface area contributed by atoms with E-state index in [0.717, 1.165) is 36.5 Å². The fourth-order valence-corrected chi connectivity index (χ4v) is 3.46. The first kappa shape index (κ1) is 15.6. The normalized spacial score (nSPS) is 14.0. The summed E-state index contributed by atoms with van der Waals surface area (Å²) in [5.74, 6) is -1.23. The van der Waals surface area contributed by atoms with Gasteiger partial charge in [0.25, 0.3) is 0 Å². The van der Waals surface area contributed by atoms with E-state index in [4.69, 9.17) is 0 Å². The minimum atomic E-state index is -1.03. The van der Waals surface area contributed by atoms with Crippen LogP contribution in [0.5, 0.6) is 0 Å². The fraction of sp³-hybridized carbons (Fsp3) is 0.294. The molecular formula is C17H18N2O3S. The van der Waals surface area contributed by atoms with Crippen molar-refractivity contribution in [2.75, 3.05) is 23.3 Å². The molecular weight excluding hydrogens is 312 g/mol. The zero-order valence-electron chi connectivity index (χ0n) is 12.6. The van der Waals surface area contributed by atoms with E-state index in [0.29, 0.717) is 5.69 Å². The van der Waals surface area contributed by atoms with E-state index in [-0.39, 0.29) is 17.9 Å². The molecule has 3 rings (SSSR count). The van der Waals surface area contributed by atoms with Gasteiger partial charge in [0.2, 0.25) is 5.91 Å². The summed E-state index contributed by atoms with van der Waals surface area (Å²) in [4.78, 5) is 26.7. The van der Waals surface area contributed by atoms with Crippen molar-refractivity contribution in [2.24, 2.45) is 0 Å². The standard InChI is InChI=1S/C17H18N2O3S/c20-16(11-13-4-3-9-23-13)18-15-6-5-12(10-14(15)17(21)22)19-7-1-2-8-19/h3-6,9-10H,1-2,7-8,11H2,(H,18,20)(H,21,22). The van der Waals surface area contributed by atoms with Gasteiger partial charge in [-0.1, -0.05) is 6.07 Å².